The van der Waals surface area contributed by atoms with Crippen LogP contribution in [0.5, 0.6) is 5.75 Å². The number of hydrogen-bond donors (Lipinski definition) is 1. The van der Waals surface area contributed by atoms with Gasteiger partial charge in [-0.2, -0.15) is 0 Å². The zero-order valence-electron chi connectivity index (χ0n) is 11.9. The molecule has 4 nitrogen and oxygen atoms in total. The zero-order chi connectivity index (χ0) is 14.2. The van der Waals surface area contributed by atoms with E-state index in [9.17, 15) is 9.90 Å². The minimum atomic E-state index is -0.660. The summed E-state index contributed by atoms with van der Waals surface area (Å²) in [7, 11) is 0. The lowest BCUT2D eigenvalue weighted by Crippen LogP contribution is -2.42. The van der Waals surface area contributed by atoms with Crippen LogP contribution in [0.1, 0.15) is 30.9 Å². The number of carboxylic acid groups (broad SMARTS) is 1. The molecule has 4 heteroatoms. The molecule has 0 unspecified atom stereocenters. The Balaban J connectivity index is 1.61. The molecule has 0 atom stereocenters. The molecule has 1 saturated heterocycles. The number of ether oxygens (including phenoxy) is 1. The summed E-state index contributed by atoms with van der Waals surface area (Å²) >= 11 is 0. The summed E-state index contributed by atoms with van der Waals surface area (Å²) in [6.07, 6.45) is 2.47. The molecular weight excluding hydrogens is 254 g/mol. The SMILES string of the molecule is CC1(C(=O)O)CCN(Cc2ccc3c(c2)CCO3)CC1. The zero-order valence-corrected chi connectivity index (χ0v) is 11.9. The molecule has 2 aliphatic heterocycles. The maximum Gasteiger partial charge on any atom is 0.309 e. The molecule has 1 N–H and O–H groups in total. The first-order valence-electron chi connectivity index (χ1n) is 7.27. The highest BCUT2D eigenvalue weighted by molar-refractivity contribution is 5.74. The normalized spacial score (nSPS) is 21.2. The number of aliphatic carboxylic acids is 1. The van der Waals surface area contributed by atoms with Crippen LogP contribution in [0, 0.1) is 5.41 Å². The van der Waals surface area contributed by atoms with Crippen molar-refractivity contribution in [1.29, 1.82) is 0 Å². The molecule has 20 heavy (non-hydrogen) atoms. The quantitative estimate of drug-likeness (QED) is 0.919. The third-order valence-corrected chi connectivity index (χ3v) is 4.64. The van der Waals surface area contributed by atoms with Gasteiger partial charge in [0.15, 0.2) is 0 Å². The summed E-state index contributed by atoms with van der Waals surface area (Å²) in [6.45, 7) is 5.27. The minimum Gasteiger partial charge on any atom is -0.493 e. The summed E-state index contributed by atoms with van der Waals surface area (Å²) in [5.74, 6) is 0.359. The molecule has 2 heterocycles. The second kappa shape index (κ2) is 5.09. The van der Waals surface area contributed by atoms with Crippen LogP contribution in [0.15, 0.2) is 18.2 Å². The van der Waals surface area contributed by atoms with Gasteiger partial charge < -0.3 is 9.84 Å². The Bertz CT molecular complexity index is 518. The van der Waals surface area contributed by atoms with Gasteiger partial charge in [0.1, 0.15) is 5.75 Å². The van der Waals surface area contributed by atoms with Crippen molar-refractivity contribution in [3.05, 3.63) is 29.3 Å². The van der Waals surface area contributed by atoms with Crippen molar-refractivity contribution in [3.63, 3.8) is 0 Å². The van der Waals surface area contributed by atoms with E-state index in [2.05, 4.69) is 23.1 Å². The van der Waals surface area contributed by atoms with Crippen molar-refractivity contribution in [1.82, 2.24) is 4.90 Å². The molecule has 0 bridgehead atoms. The second-order valence-electron chi connectivity index (χ2n) is 6.18. The summed E-state index contributed by atoms with van der Waals surface area (Å²) < 4.78 is 5.52. The lowest BCUT2D eigenvalue weighted by molar-refractivity contribution is -0.150. The Morgan fingerprint density at radius 3 is 2.85 bits per heavy atom. The van der Waals surface area contributed by atoms with Crippen molar-refractivity contribution in [2.75, 3.05) is 19.7 Å². The molecule has 2 aliphatic rings. The monoisotopic (exact) mass is 275 g/mol. The highest BCUT2D eigenvalue weighted by Crippen LogP contribution is 2.32. The van der Waals surface area contributed by atoms with Crippen LogP contribution in [0.3, 0.4) is 0 Å². The average molecular weight is 275 g/mol. The van der Waals surface area contributed by atoms with Crippen molar-refractivity contribution in [2.24, 2.45) is 5.41 Å². The Labute approximate surface area is 119 Å². The Morgan fingerprint density at radius 1 is 1.40 bits per heavy atom. The maximum atomic E-state index is 11.2. The van der Waals surface area contributed by atoms with Gasteiger partial charge in [0.2, 0.25) is 0 Å². The van der Waals surface area contributed by atoms with Crippen molar-refractivity contribution >= 4 is 5.97 Å². The van der Waals surface area contributed by atoms with Crippen LogP contribution in [-0.2, 0) is 17.8 Å². The standard InChI is InChI=1S/C16H21NO3/c1-16(15(18)19)5-7-17(8-6-16)11-12-2-3-14-13(10-12)4-9-20-14/h2-3,10H,4-9,11H2,1H3,(H,18,19). The molecule has 1 aromatic rings. The number of carbonyl (C=O) groups is 1. The van der Waals surface area contributed by atoms with E-state index in [4.69, 9.17) is 4.74 Å². The number of fused-ring (bicyclic) bond motifs is 1. The van der Waals surface area contributed by atoms with Gasteiger partial charge >= 0.3 is 5.97 Å². The first kappa shape index (κ1) is 13.4. The predicted molar refractivity (Wildman–Crippen MR) is 75.9 cm³/mol. The van der Waals surface area contributed by atoms with Gasteiger partial charge in [0.05, 0.1) is 12.0 Å². The third-order valence-electron chi connectivity index (χ3n) is 4.64. The Kier molecular flexibility index (Phi) is 3.42. The van der Waals surface area contributed by atoms with E-state index < -0.39 is 11.4 Å². The van der Waals surface area contributed by atoms with E-state index in [0.29, 0.717) is 0 Å². The number of hydrogen-bond acceptors (Lipinski definition) is 3. The summed E-state index contributed by atoms with van der Waals surface area (Å²) in [4.78, 5) is 13.6. The van der Waals surface area contributed by atoms with Crippen LogP contribution < -0.4 is 4.74 Å². The van der Waals surface area contributed by atoms with E-state index in [1.807, 2.05) is 6.92 Å². The molecule has 0 amide bonds. The first-order chi connectivity index (χ1) is 9.57. The van der Waals surface area contributed by atoms with Crippen LogP contribution in [-0.4, -0.2) is 35.7 Å². The highest BCUT2D eigenvalue weighted by atomic mass is 16.5. The fourth-order valence-corrected chi connectivity index (χ4v) is 3.02. The number of benzene rings is 1. The molecule has 0 spiro atoms. The van der Waals surface area contributed by atoms with Crippen LogP contribution in [0.25, 0.3) is 0 Å². The predicted octanol–water partition coefficient (Wildman–Crippen LogP) is 2.31. The summed E-state index contributed by atoms with van der Waals surface area (Å²) in [6, 6.07) is 6.41. The fourth-order valence-electron chi connectivity index (χ4n) is 3.02. The number of likely N-dealkylation sites (tertiary alicyclic amines) is 1. The molecular formula is C16H21NO3. The molecule has 1 fully saturated rings. The van der Waals surface area contributed by atoms with Crippen LogP contribution >= 0.6 is 0 Å². The molecule has 1 aromatic carbocycles. The van der Waals surface area contributed by atoms with E-state index in [-0.39, 0.29) is 0 Å². The Morgan fingerprint density at radius 2 is 2.15 bits per heavy atom. The minimum absolute atomic E-state index is 0.539. The van der Waals surface area contributed by atoms with E-state index in [1.54, 1.807) is 0 Å². The molecule has 108 valence electrons. The van der Waals surface area contributed by atoms with Gasteiger partial charge in [0.25, 0.3) is 0 Å². The number of rotatable bonds is 3. The number of nitrogens with zero attached hydrogens (tertiary/aromatic N) is 1. The van der Waals surface area contributed by atoms with Gasteiger partial charge in [-0.15, -0.1) is 0 Å². The van der Waals surface area contributed by atoms with Crippen molar-refractivity contribution in [3.8, 4) is 5.75 Å². The Hall–Kier alpha value is -1.55. The van der Waals surface area contributed by atoms with Crippen LogP contribution in [0.4, 0.5) is 0 Å². The highest BCUT2D eigenvalue weighted by Gasteiger charge is 2.36. The lowest BCUT2D eigenvalue weighted by Gasteiger charge is -2.36. The maximum absolute atomic E-state index is 11.2. The van der Waals surface area contributed by atoms with Gasteiger partial charge in [-0.1, -0.05) is 12.1 Å². The van der Waals surface area contributed by atoms with Gasteiger partial charge in [-0.25, -0.2) is 0 Å². The number of piperidine rings is 1. The summed E-state index contributed by atoms with van der Waals surface area (Å²) in [5, 5.41) is 9.25. The van der Waals surface area contributed by atoms with Gasteiger partial charge in [-0.3, -0.25) is 9.69 Å². The second-order valence-corrected chi connectivity index (χ2v) is 6.18. The molecule has 0 aromatic heterocycles. The molecule has 0 aliphatic carbocycles. The van der Waals surface area contributed by atoms with E-state index >= 15 is 0 Å². The number of carboxylic acids is 1. The largest absolute Gasteiger partial charge is 0.493 e. The molecule has 0 radical (unpaired) electrons. The van der Waals surface area contributed by atoms with Gasteiger partial charge in [-0.05, 0) is 50.0 Å². The van der Waals surface area contributed by atoms with Gasteiger partial charge in [0, 0.05) is 13.0 Å². The van der Waals surface area contributed by atoms with Crippen LogP contribution in [0.2, 0.25) is 0 Å². The van der Waals surface area contributed by atoms with Crippen molar-refractivity contribution in [2.45, 2.75) is 32.7 Å². The average Bonchev–Trinajstić information content (AvgIpc) is 2.89. The topological polar surface area (TPSA) is 49.8 Å². The lowest BCUT2D eigenvalue weighted by atomic mass is 9.80. The first-order valence-corrected chi connectivity index (χ1v) is 7.27. The van der Waals surface area contributed by atoms with E-state index in [0.717, 1.165) is 51.3 Å². The smallest absolute Gasteiger partial charge is 0.309 e. The fraction of sp³-hybridized carbons (Fsp3) is 0.562. The molecule has 0 saturated carbocycles. The summed E-state index contributed by atoms with van der Waals surface area (Å²) in [5.41, 5.74) is 2.06. The van der Waals surface area contributed by atoms with E-state index in [1.165, 1.54) is 11.1 Å². The molecule has 3 rings (SSSR count). The third kappa shape index (κ3) is 2.52. The van der Waals surface area contributed by atoms with Crippen molar-refractivity contribution < 1.29 is 14.6 Å².